The maximum absolute atomic E-state index is 14.1. The van der Waals surface area contributed by atoms with E-state index < -0.39 is 23.6 Å². The summed E-state index contributed by atoms with van der Waals surface area (Å²) in [4.78, 5) is 29.6. The van der Waals surface area contributed by atoms with E-state index in [9.17, 15) is 9.59 Å². The van der Waals surface area contributed by atoms with Crippen LogP contribution in [0.25, 0.3) is 43.6 Å². The molecule has 9 rings (SSSR count). The first-order valence-electron chi connectivity index (χ1n) is 15.7. The molecule has 0 spiro atoms. The lowest BCUT2D eigenvalue weighted by Gasteiger charge is -2.54. The van der Waals surface area contributed by atoms with Crippen molar-refractivity contribution in [3.8, 4) is 12.3 Å². The molecule has 2 aromatic heterocycles. The Bertz CT molecular complexity index is 2350. The molecule has 1 fully saturated rings. The summed E-state index contributed by atoms with van der Waals surface area (Å²) >= 11 is 0. The molecule has 6 aromatic rings. The van der Waals surface area contributed by atoms with Crippen molar-refractivity contribution in [3.05, 3.63) is 95.6 Å². The highest BCUT2D eigenvalue weighted by molar-refractivity contribution is 6.31. The number of hydrogen-bond donors (Lipinski definition) is 1. The van der Waals surface area contributed by atoms with Crippen LogP contribution in [0.5, 0.6) is 0 Å². The van der Waals surface area contributed by atoms with Crippen LogP contribution >= 0.6 is 0 Å². The topological polar surface area (TPSA) is 77.7 Å². The molecule has 8 nitrogen and oxygen atoms in total. The zero-order chi connectivity index (χ0) is 31.5. The second-order valence-corrected chi connectivity index (χ2v) is 12.6. The highest BCUT2D eigenvalue weighted by Crippen LogP contribution is 2.56. The van der Waals surface area contributed by atoms with Gasteiger partial charge in [0, 0.05) is 54.2 Å². The predicted molar refractivity (Wildman–Crippen MR) is 178 cm³/mol. The Morgan fingerprint density at radius 2 is 1.63 bits per heavy atom. The number of terminal acetylenes is 1. The van der Waals surface area contributed by atoms with E-state index in [1.807, 2.05) is 61.6 Å². The fourth-order valence-corrected chi connectivity index (χ4v) is 8.75. The Morgan fingerprint density at radius 3 is 2.30 bits per heavy atom. The minimum atomic E-state index is -1.45. The van der Waals surface area contributed by atoms with Gasteiger partial charge < -0.3 is 24.3 Å². The van der Waals surface area contributed by atoms with Gasteiger partial charge >= 0.3 is 0 Å². The lowest BCUT2D eigenvalue weighted by Crippen LogP contribution is -2.66. The van der Waals surface area contributed by atoms with E-state index in [0.717, 1.165) is 49.2 Å². The third-order valence-corrected chi connectivity index (χ3v) is 10.7. The number of nitrogens with zero attached hydrogens (tertiary/aromatic N) is 3. The predicted octanol–water partition coefficient (Wildman–Crippen LogP) is 6.08. The minimum Gasteiger partial charge on any atom is -0.373 e. The van der Waals surface area contributed by atoms with Gasteiger partial charge in [0.1, 0.15) is 6.10 Å². The zero-order valence-corrected chi connectivity index (χ0v) is 25.8. The number of likely N-dealkylation sites (N-methyl/N-ethyl adjacent to an activating group) is 1. The number of carbonyl (C=O) groups excluding carboxylic acids is 2. The Labute approximate surface area is 265 Å². The standard InChI is InChI=1S/C38H32N4O4/c1-5-37-20-28(40(3)36(44)22-14-8-7-9-15-22)34(45-4)38(6-2,46-37)42-27-19-13-10-16-23(27)29-25-21-39-35(43)31(25)30-24-17-11-12-18-26(24)41(37)33(30)32(29)42/h2,7-19,28,34H,5,20-21H2,1,3-4H3,(H,39,43)/t28-,34-,37-,38+/m1/s1. The molecule has 46 heavy (non-hydrogen) atoms. The second kappa shape index (κ2) is 9.23. The number of para-hydroxylation sites is 2. The lowest BCUT2D eigenvalue weighted by atomic mass is 9.84. The highest BCUT2D eigenvalue weighted by atomic mass is 16.6. The number of amides is 2. The summed E-state index contributed by atoms with van der Waals surface area (Å²) in [6.07, 6.45) is 6.94. The van der Waals surface area contributed by atoms with Gasteiger partial charge in [0.2, 0.25) is 5.72 Å². The Balaban J connectivity index is 1.49. The summed E-state index contributed by atoms with van der Waals surface area (Å²) in [5, 5.41) is 6.97. The SMILES string of the molecule is C#C[C@]12O[C@](CC)(C[C@@H](N(C)C(=O)c3ccccc3)[C@H]1OC)n1c3ccccc3c3c4c(c5c6ccccc6n2c5c31)CNC4=O. The molecule has 3 aliphatic rings. The van der Waals surface area contributed by atoms with Gasteiger partial charge in [0.05, 0.1) is 33.7 Å². The molecule has 5 heterocycles. The Morgan fingerprint density at radius 1 is 1.00 bits per heavy atom. The fraction of sp³-hybridized carbons (Fsp3) is 0.263. The molecule has 3 aliphatic heterocycles. The van der Waals surface area contributed by atoms with Gasteiger partial charge in [-0.3, -0.25) is 14.2 Å². The van der Waals surface area contributed by atoms with Gasteiger partial charge in [-0.05, 0) is 42.2 Å². The summed E-state index contributed by atoms with van der Waals surface area (Å²) in [5.41, 5.74) is 3.47. The summed E-state index contributed by atoms with van der Waals surface area (Å²) in [5.74, 6) is 2.92. The summed E-state index contributed by atoms with van der Waals surface area (Å²) in [6, 6.07) is 25.2. The quantitative estimate of drug-likeness (QED) is 0.246. The van der Waals surface area contributed by atoms with Crippen molar-refractivity contribution in [2.24, 2.45) is 0 Å². The summed E-state index contributed by atoms with van der Waals surface area (Å²) in [7, 11) is 3.47. The number of nitrogens with one attached hydrogen (secondary N) is 1. The number of fused-ring (bicyclic) bond motifs is 13. The van der Waals surface area contributed by atoms with Crippen molar-refractivity contribution in [2.45, 2.75) is 49.9 Å². The van der Waals surface area contributed by atoms with Crippen LogP contribution in [0.1, 0.15) is 46.0 Å². The largest absolute Gasteiger partial charge is 0.373 e. The van der Waals surface area contributed by atoms with E-state index >= 15 is 0 Å². The second-order valence-electron chi connectivity index (χ2n) is 12.6. The van der Waals surface area contributed by atoms with E-state index in [4.69, 9.17) is 15.9 Å². The smallest absolute Gasteiger partial charge is 0.253 e. The Hall–Kier alpha value is -5.10. The van der Waals surface area contributed by atoms with Gasteiger partial charge in [-0.1, -0.05) is 61.5 Å². The lowest BCUT2D eigenvalue weighted by molar-refractivity contribution is -0.295. The van der Waals surface area contributed by atoms with Gasteiger partial charge in [-0.2, -0.15) is 0 Å². The van der Waals surface area contributed by atoms with Crippen molar-refractivity contribution in [1.82, 2.24) is 19.4 Å². The van der Waals surface area contributed by atoms with Crippen LogP contribution < -0.4 is 5.32 Å². The van der Waals surface area contributed by atoms with Crippen molar-refractivity contribution in [2.75, 3.05) is 14.2 Å². The first-order chi connectivity index (χ1) is 22.4. The third kappa shape index (κ3) is 3.07. The average molecular weight is 609 g/mol. The molecule has 0 saturated carbocycles. The van der Waals surface area contributed by atoms with Crippen LogP contribution in [-0.2, 0) is 27.5 Å². The molecular weight excluding hydrogens is 576 g/mol. The van der Waals surface area contributed by atoms with Crippen LogP contribution in [0.4, 0.5) is 0 Å². The van der Waals surface area contributed by atoms with Crippen molar-refractivity contribution in [1.29, 1.82) is 0 Å². The normalized spacial score (nSPS) is 24.8. The molecule has 2 bridgehead atoms. The van der Waals surface area contributed by atoms with Gasteiger partial charge in [-0.25, -0.2) is 0 Å². The highest BCUT2D eigenvalue weighted by Gasteiger charge is 2.61. The maximum Gasteiger partial charge on any atom is 0.253 e. The number of benzene rings is 4. The molecule has 0 radical (unpaired) electrons. The average Bonchev–Trinajstić information content (AvgIpc) is 3.75. The molecule has 8 heteroatoms. The zero-order valence-electron chi connectivity index (χ0n) is 25.8. The number of hydrogen-bond acceptors (Lipinski definition) is 4. The number of carbonyl (C=O) groups is 2. The molecule has 1 saturated heterocycles. The van der Waals surface area contributed by atoms with Crippen LogP contribution in [-0.4, -0.2) is 52.2 Å². The van der Waals surface area contributed by atoms with E-state index in [0.29, 0.717) is 30.5 Å². The van der Waals surface area contributed by atoms with Crippen molar-refractivity contribution < 1.29 is 19.1 Å². The molecule has 2 amide bonds. The maximum atomic E-state index is 14.1. The third-order valence-electron chi connectivity index (χ3n) is 10.7. The van der Waals surface area contributed by atoms with E-state index in [1.165, 1.54) is 0 Å². The van der Waals surface area contributed by atoms with Crippen molar-refractivity contribution >= 4 is 55.4 Å². The van der Waals surface area contributed by atoms with E-state index in [-0.39, 0.29) is 11.8 Å². The van der Waals surface area contributed by atoms with Crippen LogP contribution in [0.15, 0.2) is 78.9 Å². The van der Waals surface area contributed by atoms with Gasteiger partial charge in [0.25, 0.3) is 11.8 Å². The number of methoxy groups -OCH3 is 1. The van der Waals surface area contributed by atoms with Gasteiger partial charge in [-0.15, -0.1) is 6.42 Å². The van der Waals surface area contributed by atoms with Crippen molar-refractivity contribution in [3.63, 3.8) is 0 Å². The van der Waals surface area contributed by atoms with Crippen LogP contribution in [0, 0.1) is 12.3 Å². The minimum absolute atomic E-state index is 0.0807. The molecule has 4 aromatic carbocycles. The van der Waals surface area contributed by atoms with E-state index in [1.54, 1.807) is 12.0 Å². The molecule has 1 N–H and O–H groups in total. The molecule has 228 valence electrons. The first-order valence-corrected chi connectivity index (χ1v) is 15.7. The summed E-state index contributed by atoms with van der Waals surface area (Å²) < 4.78 is 18.3. The molecule has 0 unspecified atom stereocenters. The first kappa shape index (κ1) is 27.2. The Kier molecular flexibility index (Phi) is 5.46. The molecular formula is C38H32N4O4. The van der Waals surface area contributed by atoms with Gasteiger partial charge in [0.15, 0.2) is 5.72 Å². The molecule has 0 aliphatic carbocycles. The van der Waals surface area contributed by atoms with Crippen LogP contribution in [0.3, 0.4) is 0 Å². The number of aromatic nitrogens is 2. The number of rotatable bonds is 4. The number of ether oxygens (including phenoxy) is 2. The summed E-state index contributed by atoms with van der Waals surface area (Å²) in [6.45, 7) is 2.52. The fourth-order valence-electron chi connectivity index (χ4n) is 8.75. The van der Waals surface area contributed by atoms with Crippen LogP contribution in [0.2, 0.25) is 0 Å². The van der Waals surface area contributed by atoms with E-state index in [2.05, 4.69) is 51.6 Å². The monoisotopic (exact) mass is 608 g/mol. The molecule has 4 atom stereocenters.